The Morgan fingerprint density at radius 1 is 0.896 bits per heavy atom. The van der Waals surface area contributed by atoms with E-state index in [0.717, 1.165) is 79.5 Å². The maximum absolute atomic E-state index is 13.3. The van der Waals surface area contributed by atoms with E-state index in [9.17, 15) is 29.3 Å². The van der Waals surface area contributed by atoms with E-state index in [1.807, 2.05) is 19.3 Å². The van der Waals surface area contributed by atoms with Gasteiger partial charge in [-0.2, -0.15) is 5.10 Å². The maximum Gasteiger partial charge on any atom is 0.311 e. The van der Waals surface area contributed by atoms with Gasteiger partial charge in [0, 0.05) is 99.6 Å². The molecule has 250 valence electrons. The molecule has 15 nitrogen and oxygen atoms in total. The maximum atomic E-state index is 13.3. The average Bonchev–Trinajstić information content (AvgIpc) is 3.64. The summed E-state index contributed by atoms with van der Waals surface area (Å²) >= 11 is 0. The molecule has 4 aliphatic rings. The van der Waals surface area contributed by atoms with Crippen molar-refractivity contribution in [1.29, 1.82) is 0 Å². The fourth-order valence-electron chi connectivity index (χ4n) is 7.39. The van der Waals surface area contributed by atoms with Gasteiger partial charge in [-0.25, -0.2) is 0 Å². The minimum absolute atomic E-state index is 0.0800. The summed E-state index contributed by atoms with van der Waals surface area (Å²) in [5.74, 6) is -1.81. The van der Waals surface area contributed by atoms with Crippen LogP contribution in [0, 0.1) is 10.1 Å². The van der Waals surface area contributed by atoms with Crippen LogP contribution in [0.2, 0.25) is 0 Å². The molecule has 0 aliphatic carbocycles. The summed E-state index contributed by atoms with van der Waals surface area (Å²) in [6.45, 7) is 4.74. The Hall–Kier alpha value is -5.31. The van der Waals surface area contributed by atoms with Crippen LogP contribution in [0.25, 0.3) is 11.1 Å². The highest BCUT2D eigenvalue weighted by Gasteiger charge is 2.45. The molecule has 5 heterocycles. The SMILES string of the molecule is COc1cc(N2CCC(N3CCN(c4ccc5c(c4)C(=O)N(C4CCC(=O)NC4=O)C5=O)CC3)CC2)c(-c2cnn(C)c2)cc1[N+](=O)[O-]. The number of ether oxygens (including phenoxy) is 1. The zero-order valence-electron chi connectivity index (χ0n) is 26.8. The molecule has 3 aromatic rings. The van der Waals surface area contributed by atoms with E-state index >= 15 is 0 Å². The zero-order valence-corrected chi connectivity index (χ0v) is 26.8. The number of carbonyl (C=O) groups excluding carboxylic acids is 4. The summed E-state index contributed by atoms with van der Waals surface area (Å²) in [5, 5.41) is 18.3. The lowest BCUT2D eigenvalue weighted by molar-refractivity contribution is -0.385. The first-order valence-electron chi connectivity index (χ1n) is 16.1. The molecule has 48 heavy (non-hydrogen) atoms. The van der Waals surface area contributed by atoms with Crippen LogP contribution in [0.5, 0.6) is 5.75 Å². The summed E-state index contributed by atoms with van der Waals surface area (Å²) in [6.07, 6.45) is 5.62. The molecule has 1 unspecified atom stereocenters. The first kappa shape index (κ1) is 31.3. The fraction of sp³-hybridized carbons (Fsp3) is 0.424. The van der Waals surface area contributed by atoms with E-state index in [2.05, 4.69) is 25.1 Å². The molecule has 3 fully saturated rings. The molecular formula is C33H36N8O7. The molecule has 1 atom stereocenters. The van der Waals surface area contributed by atoms with Crippen molar-refractivity contribution in [3.8, 4) is 16.9 Å². The number of nitro benzene ring substituents is 1. The van der Waals surface area contributed by atoms with Crippen molar-refractivity contribution in [2.45, 2.75) is 37.8 Å². The van der Waals surface area contributed by atoms with Crippen LogP contribution in [0.15, 0.2) is 42.7 Å². The number of carbonyl (C=O) groups is 4. The van der Waals surface area contributed by atoms with E-state index < -0.39 is 34.6 Å². The number of nitrogens with zero attached hydrogens (tertiary/aromatic N) is 7. The number of rotatable bonds is 7. The largest absolute Gasteiger partial charge is 0.490 e. The van der Waals surface area contributed by atoms with Gasteiger partial charge in [0.25, 0.3) is 11.8 Å². The second-order valence-electron chi connectivity index (χ2n) is 12.6. The molecule has 3 saturated heterocycles. The molecule has 0 spiro atoms. The Kier molecular flexibility index (Phi) is 8.07. The number of anilines is 2. The molecule has 0 bridgehead atoms. The van der Waals surface area contributed by atoms with Gasteiger partial charge in [-0.1, -0.05) is 0 Å². The number of imide groups is 2. The molecule has 0 radical (unpaired) electrons. The minimum atomic E-state index is -0.988. The van der Waals surface area contributed by atoms with Gasteiger partial charge in [-0.3, -0.25) is 49.1 Å². The van der Waals surface area contributed by atoms with Crippen LogP contribution in [-0.4, -0.2) is 107 Å². The Bertz CT molecular complexity index is 1820. The lowest BCUT2D eigenvalue weighted by Crippen LogP contribution is -2.54. The first-order valence-corrected chi connectivity index (χ1v) is 16.1. The Balaban J connectivity index is 0.996. The molecule has 0 saturated carbocycles. The summed E-state index contributed by atoms with van der Waals surface area (Å²) < 4.78 is 7.08. The quantitative estimate of drug-likeness (QED) is 0.225. The number of piperazine rings is 1. The van der Waals surface area contributed by atoms with Crippen molar-refractivity contribution < 1.29 is 28.8 Å². The second-order valence-corrected chi connectivity index (χ2v) is 12.6. The smallest absolute Gasteiger partial charge is 0.311 e. The first-order chi connectivity index (χ1) is 23.1. The van der Waals surface area contributed by atoms with Gasteiger partial charge in [0.15, 0.2) is 5.75 Å². The van der Waals surface area contributed by atoms with Gasteiger partial charge in [0.1, 0.15) is 6.04 Å². The van der Waals surface area contributed by atoms with E-state index in [-0.39, 0.29) is 35.4 Å². The number of piperidine rings is 2. The van der Waals surface area contributed by atoms with Crippen LogP contribution < -0.4 is 19.9 Å². The molecule has 1 N–H and O–H groups in total. The van der Waals surface area contributed by atoms with Crippen molar-refractivity contribution in [2.24, 2.45) is 7.05 Å². The normalized spacial score (nSPS) is 20.7. The Morgan fingerprint density at radius 3 is 2.27 bits per heavy atom. The number of hydrogen-bond donors (Lipinski definition) is 1. The predicted molar refractivity (Wildman–Crippen MR) is 174 cm³/mol. The number of aromatic nitrogens is 2. The number of methoxy groups -OCH3 is 1. The highest BCUT2D eigenvalue weighted by atomic mass is 16.6. The van der Waals surface area contributed by atoms with Crippen molar-refractivity contribution in [3.05, 3.63) is 64.0 Å². The Labute approximate surface area is 276 Å². The highest BCUT2D eigenvalue weighted by Crippen LogP contribution is 2.41. The van der Waals surface area contributed by atoms with Gasteiger partial charge < -0.3 is 14.5 Å². The van der Waals surface area contributed by atoms with E-state index in [1.54, 1.807) is 35.1 Å². The highest BCUT2D eigenvalue weighted by molar-refractivity contribution is 6.23. The number of amides is 4. The third kappa shape index (κ3) is 5.53. The molecule has 2 aromatic carbocycles. The zero-order chi connectivity index (χ0) is 33.7. The molecule has 1 aromatic heterocycles. The lowest BCUT2D eigenvalue weighted by Gasteiger charge is -2.44. The van der Waals surface area contributed by atoms with E-state index in [0.29, 0.717) is 6.04 Å². The monoisotopic (exact) mass is 656 g/mol. The van der Waals surface area contributed by atoms with Crippen molar-refractivity contribution in [3.63, 3.8) is 0 Å². The molecule has 4 amide bonds. The number of fused-ring (bicyclic) bond motifs is 1. The van der Waals surface area contributed by atoms with Crippen LogP contribution in [0.1, 0.15) is 46.4 Å². The summed E-state index contributed by atoms with van der Waals surface area (Å²) in [7, 11) is 3.26. The van der Waals surface area contributed by atoms with Gasteiger partial charge in [-0.15, -0.1) is 0 Å². The van der Waals surface area contributed by atoms with Crippen LogP contribution in [0.3, 0.4) is 0 Å². The molecular weight excluding hydrogens is 620 g/mol. The van der Waals surface area contributed by atoms with Crippen molar-refractivity contribution in [2.75, 3.05) is 56.2 Å². The fourth-order valence-corrected chi connectivity index (χ4v) is 7.39. The van der Waals surface area contributed by atoms with Gasteiger partial charge in [-0.05, 0) is 37.5 Å². The summed E-state index contributed by atoms with van der Waals surface area (Å²) in [4.78, 5) is 69.7. The second kappa shape index (κ2) is 12.4. The van der Waals surface area contributed by atoms with Crippen LogP contribution in [-0.2, 0) is 16.6 Å². The third-order valence-electron chi connectivity index (χ3n) is 9.93. The van der Waals surface area contributed by atoms with Crippen LogP contribution >= 0.6 is 0 Å². The Morgan fingerprint density at radius 2 is 1.62 bits per heavy atom. The number of nitro groups is 1. The van der Waals surface area contributed by atoms with Crippen molar-refractivity contribution in [1.82, 2.24) is 24.9 Å². The molecule has 7 rings (SSSR count). The summed E-state index contributed by atoms with van der Waals surface area (Å²) in [6, 6.07) is 7.98. The standard InChI is InChI=1S/C33H36N8O7/c1-36-19-20(18-34-36)24-16-28(41(46)47)29(48-2)17-27(24)39-9-7-21(8-10-39)37-11-13-38(14-12-37)22-3-4-23-25(15-22)33(45)40(32(23)44)26-5-6-30(42)35-31(26)43/h3-4,15-19,21,26H,5-14H2,1-2H3,(H,35,42,43). The number of hydrogen-bond acceptors (Lipinski definition) is 11. The number of benzene rings is 2. The third-order valence-corrected chi connectivity index (χ3v) is 9.93. The van der Waals surface area contributed by atoms with E-state index in [4.69, 9.17) is 4.74 Å². The number of nitrogens with one attached hydrogen (secondary N) is 1. The topological polar surface area (TPSA) is 163 Å². The summed E-state index contributed by atoms with van der Waals surface area (Å²) in [5.41, 5.74) is 3.76. The van der Waals surface area contributed by atoms with Crippen molar-refractivity contribution >= 4 is 40.7 Å². The molecule has 4 aliphatic heterocycles. The van der Waals surface area contributed by atoms with Crippen LogP contribution in [0.4, 0.5) is 17.1 Å². The van der Waals surface area contributed by atoms with E-state index in [1.165, 1.54) is 7.11 Å². The predicted octanol–water partition coefficient (Wildman–Crippen LogP) is 2.20. The van der Waals surface area contributed by atoms with Gasteiger partial charge in [0.05, 0.1) is 29.4 Å². The van der Waals surface area contributed by atoms with Gasteiger partial charge >= 0.3 is 5.69 Å². The number of aryl methyl sites for hydroxylation is 1. The van der Waals surface area contributed by atoms with Gasteiger partial charge in [0.2, 0.25) is 11.8 Å². The minimum Gasteiger partial charge on any atom is -0.490 e. The average molecular weight is 657 g/mol. The lowest BCUT2D eigenvalue weighted by atomic mass is 9.98. The molecule has 15 heteroatoms.